The van der Waals surface area contributed by atoms with Crippen LogP contribution in [0.2, 0.25) is 5.02 Å². The molecule has 0 bridgehead atoms. The molecular weight excluding hydrogens is 421 g/mol. The topological polar surface area (TPSA) is 76.1 Å². The number of carbonyl (C=O) groups excluding carboxylic acids is 1. The molecule has 0 aliphatic rings. The van der Waals surface area contributed by atoms with Gasteiger partial charge in [0.2, 0.25) is 5.95 Å². The van der Waals surface area contributed by atoms with Crippen LogP contribution >= 0.6 is 11.6 Å². The smallest absolute Gasteiger partial charge is 0.449 e. The van der Waals surface area contributed by atoms with Crippen molar-refractivity contribution in [1.82, 2.24) is 9.97 Å². The summed E-state index contributed by atoms with van der Waals surface area (Å²) in [7, 11) is 0. The third-order valence-electron chi connectivity index (χ3n) is 3.86. The lowest BCUT2D eigenvalue weighted by Crippen LogP contribution is -2.29. The average molecular weight is 437 g/mol. The zero-order chi connectivity index (χ0) is 21.6. The highest BCUT2D eigenvalue weighted by molar-refractivity contribution is 6.30. The molecule has 1 aromatic heterocycles. The fourth-order valence-corrected chi connectivity index (χ4v) is 2.69. The first-order valence-electron chi connectivity index (χ1n) is 8.73. The van der Waals surface area contributed by atoms with Crippen molar-refractivity contribution in [2.24, 2.45) is 0 Å². The van der Waals surface area contributed by atoms with Crippen molar-refractivity contribution in [2.45, 2.75) is 12.3 Å². The van der Waals surface area contributed by atoms with E-state index in [0.717, 1.165) is 0 Å². The first-order chi connectivity index (χ1) is 14.3. The van der Waals surface area contributed by atoms with E-state index in [-0.39, 0.29) is 12.5 Å². The van der Waals surface area contributed by atoms with Crippen LogP contribution in [0.3, 0.4) is 0 Å². The van der Waals surface area contributed by atoms with Crippen molar-refractivity contribution < 1.29 is 22.7 Å². The van der Waals surface area contributed by atoms with E-state index in [0.29, 0.717) is 22.1 Å². The van der Waals surface area contributed by atoms with E-state index < -0.39 is 18.2 Å². The molecule has 0 amide bonds. The van der Waals surface area contributed by atoms with Crippen molar-refractivity contribution >= 4 is 35.0 Å². The Bertz CT molecular complexity index is 1000. The molecule has 2 N–H and O–H groups in total. The van der Waals surface area contributed by atoms with E-state index in [2.05, 4.69) is 25.3 Å². The molecule has 3 rings (SSSR count). The van der Waals surface area contributed by atoms with Crippen LogP contribution < -0.4 is 10.6 Å². The highest BCUT2D eigenvalue weighted by Crippen LogP contribution is 2.25. The first kappa shape index (κ1) is 21.4. The van der Waals surface area contributed by atoms with Crippen molar-refractivity contribution in [1.29, 1.82) is 0 Å². The van der Waals surface area contributed by atoms with Crippen LogP contribution in [0.5, 0.6) is 0 Å². The number of carbonyl (C=O) groups is 1. The van der Waals surface area contributed by atoms with Crippen LogP contribution in [0.25, 0.3) is 0 Å². The van der Waals surface area contributed by atoms with Crippen LogP contribution in [-0.4, -0.2) is 28.7 Å². The van der Waals surface area contributed by atoms with Gasteiger partial charge in [-0.25, -0.2) is 9.78 Å². The summed E-state index contributed by atoms with van der Waals surface area (Å²) in [5.41, 5.74) is 1.08. The molecule has 30 heavy (non-hydrogen) atoms. The van der Waals surface area contributed by atoms with E-state index in [9.17, 15) is 18.0 Å². The minimum Gasteiger partial charge on any atom is -0.449 e. The number of nitrogens with zero attached hydrogens (tertiary/aromatic N) is 2. The molecule has 0 fully saturated rings. The van der Waals surface area contributed by atoms with Gasteiger partial charge in [-0.1, -0.05) is 48.0 Å². The lowest BCUT2D eigenvalue weighted by Gasteiger charge is -2.20. The largest absolute Gasteiger partial charge is 0.490 e. The number of halogens is 4. The summed E-state index contributed by atoms with van der Waals surface area (Å²) in [6, 6.07) is 16.6. The summed E-state index contributed by atoms with van der Waals surface area (Å²) in [6.45, 7) is -0.126. The molecule has 0 saturated carbocycles. The van der Waals surface area contributed by atoms with Gasteiger partial charge in [-0.15, -0.1) is 0 Å². The van der Waals surface area contributed by atoms with Crippen LogP contribution in [0, 0.1) is 0 Å². The zero-order valence-electron chi connectivity index (χ0n) is 15.4. The van der Waals surface area contributed by atoms with Crippen LogP contribution in [0.1, 0.15) is 11.7 Å². The predicted molar refractivity (Wildman–Crippen MR) is 107 cm³/mol. The van der Waals surface area contributed by atoms with Gasteiger partial charge in [-0.05, 0) is 29.8 Å². The average Bonchev–Trinajstić information content (AvgIpc) is 2.71. The molecule has 156 valence electrons. The number of benzene rings is 2. The second-order valence-corrected chi connectivity index (χ2v) is 6.52. The molecule has 0 aliphatic heterocycles. The molecule has 3 aromatic rings. The minimum atomic E-state index is -5.09. The Balaban J connectivity index is 1.71. The van der Waals surface area contributed by atoms with E-state index in [4.69, 9.17) is 11.6 Å². The van der Waals surface area contributed by atoms with E-state index in [1.165, 1.54) is 12.3 Å². The third-order valence-corrected chi connectivity index (χ3v) is 4.09. The first-order valence-corrected chi connectivity index (χ1v) is 9.11. The maximum Gasteiger partial charge on any atom is 0.490 e. The van der Waals surface area contributed by atoms with Gasteiger partial charge in [0.05, 0.1) is 6.54 Å². The number of esters is 1. The van der Waals surface area contributed by atoms with Gasteiger partial charge >= 0.3 is 12.1 Å². The molecule has 0 spiro atoms. The summed E-state index contributed by atoms with van der Waals surface area (Å²) in [5, 5.41) is 6.39. The van der Waals surface area contributed by atoms with Crippen molar-refractivity contribution in [3.05, 3.63) is 77.4 Å². The Morgan fingerprint density at radius 3 is 2.57 bits per heavy atom. The zero-order valence-corrected chi connectivity index (χ0v) is 16.1. The minimum absolute atomic E-state index is 0.126. The molecule has 6 nitrogen and oxygen atoms in total. The van der Waals surface area contributed by atoms with E-state index in [1.54, 1.807) is 54.6 Å². The highest BCUT2D eigenvalue weighted by Gasteiger charge is 2.42. The fraction of sp³-hybridized carbons (Fsp3) is 0.150. The third kappa shape index (κ3) is 6.08. The van der Waals surface area contributed by atoms with Gasteiger partial charge in [0.15, 0.2) is 0 Å². The monoisotopic (exact) mass is 436 g/mol. The molecule has 2 aromatic carbocycles. The van der Waals surface area contributed by atoms with Crippen LogP contribution in [0.15, 0.2) is 66.9 Å². The Hall–Kier alpha value is -3.33. The SMILES string of the molecule is O=C(OC(CNc1ccnc(Nc2cccc(Cl)c2)n1)c1ccccc1)C(F)(F)F. The number of hydrogen-bond acceptors (Lipinski definition) is 6. The molecule has 0 radical (unpaired) electrons. The van der Waals surface area contributed by atoms with Crippen LogP contribution in [0.4, 0.5) is 30.6 Å². The lowest BCUT2D eigenvalue weighted by molar-refractivity contribution is -0.204. The van der Waals surface area contributed by atoms with Crippen molar-refractivity contribution in [2.75, 3.05) is 17.2 Å². The normalized spacial score (nSPS) is 12.1. The van der Waals surface area contributed by atoms with Gasteiger partial charge in [0, 0.05) is 16.9 Å². The van der Waals surface area contributed by atoms with Gasteiger partial charge in [0.25, 0.3) is 0 Å². The second kappa shape index (κ2) is 9.45. The molecule has 1 unspecified atom stereocenters. The number of rotatable bonds is 7. The molecular formula is C20H16ClF3N4O2. The number of hydrogen-bond donors (Lipinski definition) is 2. The number of anilines is 3. The maximum atomic E-state index is 12.6. The summed E-state index contributed by atoms with van der Waals surface area (Å²) >= 11 is 5.94. The molecule has 0 saturated heterocycles. The Kier molecular flexibility index (Phi) is 6.73. The molecule has 1 atom stereocenters. The molecule has 0 aliphatic carbocycles. The molecule has 1 heterocycles. The maximum absolute atomic E-state index is 12.6. The summed E-state index contributed by atoms with van der Waals surface area (Å²) < 4.78 is 42.6. The number of nitrogens with one attached hydrogen (secondary N) is 2. The number of alkyl halides is 3. The summed E-state index contributed by atoms with van der Waals surface area (Å²) in [4.78, 5) is 19.7. The van der Waals surface area contributed by atoms with Crippen LogP contribution in [-0.2, 0) is 9.53 Å². The quantitative estimate of drug-likeness (QED) is 0.500. The summed E-state index contributed by atoms with van der Waals surface area (Å²) in [5.74, 6) is -1.67. The van der Waals surface area contributed by atoms with Gasteiger partial charge in [-0.2, -0.15) is 18.2 Å². The standard InChI is InChI=1S/C20H16ClF3N4O2/c21-14-7-4-8-15(11-14)27-19-25-10-9-17(28-19)26-12-16(13-5-2-1-3-6-13)30-18(29)20(22,23)24/h1-11,16H,12H2,(H2,25,26,27,28). The predicted octanol–water partition coefficient (Wildman–Crippen LogP) is 5.13. The van der Waals surface area contributed by atoms with E-state index >= 15 is 0 Å². The van der Waals surface area contributed by atoms with E-state index in [1.807, 2.05) is 0 Å². The van der Waals surface area contributed by atoms with Crippen molar-refractivity contribution in [3.8, 4) is 0 Å². The lowest BCUT2D eigenvalue weighted by atomic mass is 10.1. The number of aromatic nitrogens is 2. The second-order valence-electron chi connectivity index (χ2n) is 6.08. The van der Waals surface area contributed by atoms with Gasteiger partial charge in [0.1, 0.15) is 11.9 Å². The highest BCUT2D eigenvalue weighted by atomic mass is 35.5. The Morgan fingerprint density at radius 2 is 1.87 bits per heavy atom. The Labute approximate surface area is 175 Å². The fourth-order valence-electron chi connectivity index (χ4n) is 2.50. The molecule has 10 heteroatoms. The van der Waals surface area contributed by atoms with Gasteiger partial charge in [-0.3, -0.25) is 0 Å². The summed E-state index contributed by atoms with van der Waals surface area (Å²) in [6.07, 6.45) is -4.78. The van der Waals surface area contributed by atoms with Crippen molar-refractivity contribution in [3.63, 3.8) is 0 Å². The Morgan fingerprint density at radius 1 is 1.10 bits per heavy atom. The number of ether oxygens (including phenoxy) is 1. The van der Waals surface area contributed by atoms with Gasteiger partial charge < -0.3 is 15.4 Å².